The molecule has 0 spiro atoms. The molecule has 0 N–H and O–H groups in total. The van der Waals surface area contributed by atoms with E-state index in [2.05, 4.69) is 275 Å². The predicted molar refractivity (Wildman–Crippen MR) is 351 cm³/mol. The Balaban J connectivity index is 1.21. The molecule has 3 heterocycles. The first-order chi connectivity index (χ1) is 37.7. The van der Waals surface area contributed by atoms with Crippen molar-refractivity contribution in [1.82, 2.24) is 0 Å². The van der Waals surface area contributed by atoms with Gasteiger partial charge in [0.25, 0.3) is 6.71 Å². The van der Waals surface area contributed by atoms with Crippen LogP contribution in [0.5, 0.6) is 0 Å². The largest absolute Gasteiger partial charge is 0.334 e. The minimum absolute atomic E-state index is 0.00615. The molecule has 418 valence electrons. The maximum absolute atomic E-state index is 2.88. The average Bonchev–Trinajstić information content (AvgIpc) is 3.13. The molecule has 2 atom stereocenters. The van der Waals surface area contributed by atoms with E-state index in [-0.39, 0.29) is 55.6 Å². The van der Waals surface area contributed by atoms with E-state index in [1.807, 2.05) is 0 Å². The molecule has 1 saturated carbocycles. The van der Waals surface area contributed by atoms with Crippen molar-refractivity contribution in [1.29, 1.82) is 0 Å². The van der Waals surface area contributed by atoms with E-state index in [0.29, 0.717) is 0 Å². The van der Waals surface area contributed by atoms with Crippen molar-refractivity contribution in [3.8, 4) is 11.1 Å². The third-order valence-electron chi connectivity index (χ3n) is 21.7. The van der Waals surface area contributed by atoms with Crippen LogP contribution in [-0.2, 0) is 43.3 Å². The number of hydrogen-bond acceptors (Lipinski definition) is 3. The van der Waals surface area contributed by atoms with Crippen LogP contribution in [0.1, 0.15) is 220 Å². The van der Waals surface area contributed by atoms with Crippen molar-refractivity contribution in [3.63, 3.8) is 0 Å². The lowest BCUT2D eigenvalue weighted by Gasteiger charge is -2.51. The first-order valence-electron chi connectivity index (χ1n) is 31.1. The Bertz CT molecular complexity index is 3790. The molecule has 7 aromatic rings. The van der Waals surface area contributed by atoms with Crippen LogP contribution in [0, 0.1) is 6.92 Å². The zero-order chi connectivity index (χ0) is 57.9. The summed E-state index contributed by atoms with van der Waals surface area (Å²) < 4.78 is 0. The van der Waals surface area contributed by atoms with E-state index in [4.69, 9.17) is 0 Å². The molecule has 6 aliphatic rings. The SMILES string of the molecule is Cc1cc2c(cc1N1c3ccc(C(C)(C)C)cc3B3c4cc5c(cc4N(c4ccc(C(C)(C)C)cc4-c4ccccc4)c4cc(N6c7ccc(C(C)(C)C)cc7C7(C)CCCCC67C)cc1c43)C(C)(C)CC5(C)C)C(C)(C)CC2(C)C. The van der Waals surface area contributed by atoms with Crippen LogP contribution in [0.3, 0.4) is 0 Å². The lowest BCUT2D eigenvalue weighted by Crippen LogP contribution is -2.62. The van der Waals surface area contributed by atoms with Gasteiger partial charge in [-0.15, -0.1) is 0 Å². The van der Waals surface area contributed by atoms with Gasteiger partial charge in [-0.05, 0) is 198 Å². The minimum Gasteiger partial charge on any atom is -0.334 e. The number of rotatable bonds is 4. The molecule has 81 heavy (non-hydrogen) atoms. The highest BCUT2D eigenvalue weighted by atomic mass is 15.3. The highest BCUT2D eigenvalue weighted by Gasteiger charge is 2.59. The highest BCUT2D eigenvalue weighted by Crippen LogP contribution is 2.63. The van der Waals surface area contributed by atoms with Gasteiger partial charge in [-0.3, -0.25) is 0 Å². The number of nitrogens with zero attached hydrogens (tertiary/aromatic N) is 3. The first-order valence-corrected chi connectivity index (χ1v) is 31.1. The fraction of sp³-hybridized carbons (Fsp3) is 0.455. The summed E-state index contributed by atoms with van der Waals surface area (Å²) in [6.45, 7) is 49.0. The Kier molecular flexibility index (Phi) is 11.4. The lowest BCUT2D eigenvalue weighted by atomic mass is 9.33. The standard InChI is InChI=1S/C77H92BN3/c1-47-36-54-56(74(15,16)45-72(54,11)12)43-64(47)80-63-33-30-51(71(8,9)10)39-59(63)78-60-42-55-57(75(17,18)46-73(55,13)14)44-65(60)79(61-31-28-49(69(2,3)4)37-53(61)48-26-22-21-23-27-48)66-40-52(41-67(80)68(66)78)81-62-32-29-50(70(5,6)7)38-58(62)76(19)34-24-25-35-77(76,81)20/h21-23,26-33,36-44H,24-25,34-35,45-46H2,1-20H3. The van der Waals surface area contributed by atoms with Crippen molar-refractivity contribution in [2.24, 2.45) is 0 Å². The molecule has 0 saturated heterocycles. The zero-order valence-corrected chi connectivity index (χ0v) is 53.2. The number of fused-ring (bicyclic) bond motifs is 9. The maximum Gasteiger partial charge on any atom is 0.252 e. The normalized spacial score (nSPS) is 22.4. The summed E-state index contributed by atoms with van der Waals surface area (Å²) in [7, 11) is 0. The minimum atomic E-state index is -0.167. The molecule has 3 aliphatic heterocycles. The van der Waals surface area contributed by atoms with E-state index < -0.39 is 0 Å². The summed E-state index contributed by atoms with van der Waals surface area (Å²) in [5.41, 5.74) is 29.9. The van der Waals surface area contributed by atoms with Gasteiger partial charge >= 0.3 is 0 Å². The molecule has 13 rings (SSSR count). The zero-order valence-electron chi connectivity index (χ0n) is 53.2. The molecule has 0 radical (unpaired) electrons. The molecule has 3 nitrogen and oxygen atoms in total. The molecule has 7 aromatic carbocycles. The third kappa shape index (κ3) is 7.86. The molecule has 0 amide bonds. The average molecular weight is 1070 g/mol. The second-order valence-electron chi connectivity index (χ2n) is 32.5. The molecule has 0 bridgehead atoms. The van der Waals surface area contributed by atoms with Gasteiger partial charge in [-0.1, -0.05) is 210 Å². The van der Waals surface area contributed by atoms with Crippen LogP contribution in [0.15, 0.2) is 121 Å². The number of hydrogen-bond donors (Lipinski definition) is 0. The lowest BCUT2D eigenvalue weighted by molar-refractivity contribution is 0.195. The smallest absolute Gasteiger partial charge is 0.252 e. The Labute approximate surface area is 489 Å². The van der Waals surface area contributed by atoms with Gasteiger partial charge in [0.2, 0.25) is 0 Å². The Morgan fingerprint density at radius 2 is 0.877 bits per heavy atom. The fourth-order valence-corrected chi connectivity index (χ4v) is 17.6. The van der Waals surface area contributed by atoms with Gasteiger partial charge in [0.1, 0.15) is 0 Å². The van der Waals surface area contributed by atoms with Crippen molar-refractivity contribution in [2.45, 2.75) is 226 Å². The van der Waals surface area contributed by atoms with Crippen LogP contribution in [0.4, 0.5) is 45.5 Å². The van der Waals surface area contributed by atoms with E-state index in [1.165, 1.54) is 142 Å². The van der Waals surface area contributed by atoms with E-state index in [0.717, 1.165) is 19.3 Å². The Morgan fingerprint density at radius 1 is 0.407 bits per heavy atom. The van der Waals surface area contributed by atoms with Gasteiger partial charge in [0, 0.05) is 50.8 Å². The molecule has 1 fully saturated rings. The molecular formula is C77H92BN3. The summed E-state index contributed by atoms with van der Waals surface area (Å²) in [5, 5.41) is 0. The van der Waals surface area contributed by atoms with Crippen molar-refractivity contribution in [3.05, 3.63) is 171 Å². The van der Waals surface area contributed by atoms with E-state index in [1.54, 1.807) is 0 Å². The molecule has 4 heteroatoms. The van der Waals surface area contributed by atoms with Crippen LogP contribution in [0.2, 0.25) is 0 Å². The molecule has 3 aliphatic carbocycles. The van der Waals surface area contributed by atoms with Crippen LogP contribution >= 0.6 is 0 Å². The van der Waals surface area contributed by atoms with Gasteiger partial charge in [-0.2, -0.15) is 0 Å². The maximum atomic E-state index is 2.88. The Morgan fingerprint density at radius 3 is 1.46 bits per heavy atom. The van der Waals surface area contributed by atoms with Gasteiger partial charge < -0.3 is 14.7 Å². The van der Waals surface area contributed by atoms with Crippen molar-refractivity contribution < 1.29 is 0 Å². The summed E-state index contributed by atoms with van der Waals surface area (Å²) in [6, 6.07) is 50.0. The van der Waals surface area contributed by atoms with E-state index in [9.17, 15) is 0 Å². The van der Waals surface area contributed by atoms with Crippen molar-refractivity contribution in [2.75, 3.05) is 14.7 Å². The van der Waals surface area contributed by atoms with Gasteiger partial charge in [0.05, 0.1) is 11.2 Å². The van der Waals surface area contributed by atoms with Gasteiger partial charge in [-0.25, -0.2) is 0 Å². The fourth-order valence-electron chi connectivity index (χ4n) is 17.6. The third-order valence-corrected chi connectivity index (χ3v) is 21.7. The second-order valence-corrected chi connectivity index (χ2v) is 32.5. The highest BCUT2D eigenvalue weighted by molar-refractivity contribution is 7.00. The van der Waals surface area contributed by atoms with Crippen LogP contribution < -0.4 is 31.1 Å². The summed E-state index contributed by atoms with van der Waals surface area (Å²) in [6.07, 6.45) is 7.00. The quantitative estimate of drug-likeness (QED) is 0.163. The summed E-state index contributed by atoms with van der Waals surface area (Å²) in [5.74, 6) is 0. The van der Waals surface area contributed by atoms with Crippen LogP contribution in [-0.4, -0.2) is 12.3 Å². The molecular weight excluding hydrogens is 978 g/mol. The number of anilines is 8. The molecule has 2 unspecified atom stereocenters. The van der Waals surface area contributed by atoms with E-state index >= 15 is 0 Å². The summed E-state index contributed by atoms with van der Waals surface area (Å²) >= 11 is 0. The van der Waals surface area contributed by atoms with Gasteiger partial charge in [0.15, 0.2) is 0 Å². The monoisotopic (exact) mass is 1070 g/mol. The number of benzene rings is 7. The Hall–Kier alpha value is -6.00. The topological polar surface area (TPSA) is 9.72 Å². The predicted octanol–water partition coefficient (Wildman–Crippen LogP) is 19.3. The van der Waals surface area contributed by atoms with Crippen LogP contribution in [0.25, 0.3) is 11.1 Å². The van der Waals surface area contributed by atoms with Crippen molar-refractivity contribution >= 4 is 68.6 Å². The summed E-state index contributed by atoms with van der Waals surface area (Å²) in [4.78, 5) is 8.43. The number of aryl methyl sites for hydroxylation is 1. The molecule has 0 aromatic heterocycles. The second kappa shape index (κ2) is 17.1. The first kappa shape index (κ1) is 54.3.